The Morgan fingerprint density at radius 2 is 2.10 bits per heavy atom. The first-order chi connectivity index (χ1) is 9.78. The van der Waals surface area contributed by atoms with Gasteiger partial charge in [-0.3, -0.25) is 4.90 Å². The molecular weight excluding hydrogens is 248 g/mol. The first-order valence-electron chi connectivity index (χ1n) is 7.45. The molecule has 3 rings (SSSR count). The number of hydrogen-bond acceptors (Lipinski definition) is 3. The van der Waals surface area contributed by atoms with E-state index in [-0.39, 0.29) is 6.10 Å². The van der Waals surface area contributed by atoms with Crippen molar-refractivity contribution >= 4 is 0 Å². The summed E-state index contributed by atoms with van der Waals surface area (Å²) in [5, 5.41) is 9.99. The van der Waals surface area contributed by atoms with Crippen molar-refractivity contribution in [3.8, 4) is 11.8 Å². The zero-order valence-electron chi connectivity index (χ0n) is 11.8. The molecule has 0 aromatic heterocycles. The zero-order valence-corrected chi connectivity index (χ0v) is 11.8. The van der Waals surface area contributed by atoms with Crippen LogP contribution in [0.2, 0.25) is 0 Å². The minimum atomic E-state index is -0.0859. The molecule has 0 bridgehead atoms. The van der Waals surface area contributed by atoms with Crippen molar-refractivity contribution in [3.63, 3.8) is 0 Å². The van der Waals surface area contributed by atoms with Gasteiger partial charge in [-0.05, 0) is 30.4 Å². The van der Waals surface area contributed by atoms with Crippen molar-refractivity contribution in [2.45, 2.75) is 25.5 Å². The summed E-state index contributed by atoms with van der Waals surface area (Å²) in [6, 6.07) is 8.29. The van der Waals surface area contributed by atoms with Crippen molar-refractivity contribution in [2.24, 2.45) is 17.6 Å². The summed E-state index contributed by atoms with van der Waals surface area (Å²) in [5.74, 6) is 7.26. The number of rotatable bonds is 2. The molecule has 0 spiro atoms. The third-order valence-electron chi connectivity index (χ3n) is 4.63. The van der Waals surface area contributed by atoms with E-state index in [0.29, 0.717) is 18.4 Å². The van der Waals surface area contributed by atoms with E-state index in [1.54, 1.807) is 0 Å². The maximum atomic E-state index is 9.99. The average Bonchev–Trinajstić information content (AvgIpc) is 3.00. The summed E-state index contributed by atoms with van der Waals surface area (Å²) < 4.78 is 0. The fraction of sp³-hybridized carbons (Fsp3) is 0.529. The van der Waals surface area contributed by atoms with E-state index < -0.39 is 0 Å². The number of hydrogen-bond donors (Lipinski definition) is 2. The molecule has 1 aliphatic heterocycles. The van der Waals surface area contributed by atoms with Crippen LogP contribution in [-0.4, -0.2) is 35.7 Å². The van der Waals surface area contributed by atoms with Gasteiger partial charge in [-0.15, -0.1) is 0 Å². The molecule has 1 saturated heterocycles. The van der Waals surface area contributed by atoms with Gasteiger partial charge in [0.05, 0.1) is 12.6 Å². The molecule has 106 valence electrons. The van der Waals surface area contributed by atoms with Gasteiger partial charge in [0.25, 0.3) is 0 Å². The Hall–Kier alpha value is -1.34. The summed E-state index contributed by atoms with van der Waals surface area (Å²) in [6.45, 7) is 3.45. The summed E-state index contributed by atoms with van der Waals surface area (Å²) in [5.41, 5.74) is 7.80. The summed E-state index contributed by atoms with van der Waals surface area (Å²) in [7, 11) is 0. The molecular formula is C17H22N2O. The van der Waals surface area contributed by atoms with Crippen LogP contribution in [-0.2, 0) is 6.54 Å². The molecule has 3 heteroatoms. The maximum Gasteiger partial charge on any atom is 0.0583 e. The van der Waals surface area contributed by atoms with Gasteiger partial charge in [0, 0.05) is 31.1 Å². The Bertz CT molecular complexity index is 531. The van der Waals surface area contributed by atoms with Crippen LogP contribution in [0.1, 0.15) is 24.0 Å². The lowest BCUT2D eigenvalue weighted by Gasteiger charge is -2.18. The molecule has 2 fully saturated rings. The van der Waals surface area contributed by atoms with Crippen molar-refractivity contribution in [1.82, 2.24) is 4.90 Å². The minimum Gasteiger partial charge on any atom is -0.393 e. The molecule has 20 heavy (non-hydrogen) atoms. The monoisotopic (exact) mass is 270 g/mol. The Morgan fingerprint density at radius 3 is 2.90 bits per heavy atom. The lowest BCUT2D eigenvalue weighted by atomic mass is 10.00. The highest BCUT2D eigenvalue weighted by atomic mass is 16.3. The number of aliphatic hydroxyl groups excluding tert-OH is 1. The second kappa shape index (κ2) is 5.97. The molecule has 3 nitrogen and oxygen atoms in total. The van der Waals surface area contributed by atoms with Crippen LogP contribution in [0, 0.1) is 23.7 Å². The third kappa shape index (κ3) is 2.73. The molecule has 3 atom stereocenters. The van der Waals surface area contributed by atoms with Crippen molar-refractivity contribution in [1.29, 1.82) is 0 Å². The van der Waals surface area contributed by atoms with Gasteiger partial charge < -0.3 is 10.8 Å². The first kappa shape index (κ1) is 13.6. The Morgan fingerprint density at radius 1 is 1.25 bits per heavy atom. The minimum absolute atomic E-state index is 0.0859. The van der Waals surface area contributed by atoms with Gasteiger partial charge in [0.15, 0.2) is 0 Å². The van der Waals surface area contributed by atoms with E-state index in [4.69, 9.17) is 5.73 Å². The lowest BCUT2D eigenvalue weighted by molar-refractivity contribution is 0.123. The van der Waals surface area contributed by atoms with Crippen molar-refractivity contribution in [2.75, 3.05) is 19.6 Å². The molecule has 1 heterocycles. The number of benzene rings is 1. The van der Waals surface area contributed by atoms with Crippen LogP contribution in [0.3, 0.4) is 0 Å². The molecule has 1 aromatic carbocycles. The van der Waals surface area contributed by atoms with E-state index in [0.717, 1.165) is 31.6 Å². The normalized spacial score (nSPS) is 29.0. The van der Waals surface area contributed by atoms with Crippen LogP contribution in [0.4, 0.5) is 0 Å². The lowest BCUT2D eigenvalue weighted by Crippen LogP contribution is -2.24. The molecule has 3 N–H and O–H groups in total. The second-order valence-corrected chi connectivity index (χ2v) is 5.93. The van der Waals surface area contributed by atoms with Crippen LogP contribution in [0.15, 0.2) is 24.3 Å². The van der Waals surface area contributed by atoms with Crippen molar-refractivity contribution < 1.29 is 5.11 Å². The molecule has 2 aliphatic rings. The van der Waals surface area contributed by atoms with Crippen LogP contribution >= 0.6 is 0 Å². The second-order valence-electron chi connectivity index (χ2n) is 5.93. The highest BCUT2D eigenvalue weighted by Gasteiger charge is 2.41. The standard InChI is InChI=1S/C17H22N2O/c18-9-3-6-13-4-1-2-5-14(13)10-19-11-15-7-8-17(20)16(15)12-19/h1-2,4-5,15-17,20H,7-12,18H2. The van der Waals surface area contributed by atoms with E-state index in [1.165, 1.54) is 12.0 Å². The Labute approximate surface area is 120 Å². The van der Waals surface area contributed by atoms with Gasteiger partial charge in [-0.2, -0.15) is 0 Å². The van der Waals surface area contributed by atoms with Gasteiger partial charge in [-0.25, -0.2) is 0 Å². The SMILES string of the molecule is NCC#Cc1ccccc1CN1CC2CCC(O)C2C1. The number of nitrogens with zero attached hydrogens (tertiary/aromatic N) is 1. The van der Waals surface area contributed by atoms with Crippen LogP contribution in [0.25, 0.3) is 0 Å². The fourth-order valence-corrected chi connectivity index (χ4v) is 3.63. The average molecular weight is 270 g/mol. The molecule has 1 saturated carbocycles. The molecule has 0 radical (unpaired) electrons. The summed E-state index contributed by atoms with van der Waals surface area (Å²) >= 11 is 0. The van der Waals surface area contributed by atoms with Gasteiger partial charge in [0.1, 0.15) is 0 Å². The predicted molar refractivity (Wildman–Crippen MR) is 79.9 cm³/mol. The quantitative estimate of drug-likeness (QED) is 0.794. The van der Waals surface area contributed by atoms with E-state index in [2.05, 4.69) is 34.9 Å². The molecule has 0 amide bonds. The first-order valence-corrected chi connectivity index (χ1v) is 7.45. The number of fused-ring (bicyclic) bond motifs is 1. The fourth-order valence-electron chi connectivity index (χ4n) is 3.63. The molecule has 1 aromatic rings. The zero-order chi connectivity index (χ0) is 13.9. The van der Waals surface area contributed by atoms with Gasteiger partial charge in [-0.1, -0.05) is 30.0 Å². The Kier molecular flexibility index (Phi) is 4.07. The largest absolute Gasteiger partial charge is 0.393 e. The maximum absolute atomic E-state index is 9.99. The number of likely N-dealkylation sites (tertiary alicyclic amines) is 1. The molecule has 1 aliphatic carbocycles. The van der Waals surface area contributed by atoms with Crippen molar-refractivity contribution in [3.05, 3.63) is 35.4 Å². The molecule has 3 unspecified atom stereocenters. The summed E-state index contributed by atoms with van der Waals surface area (Å²) in [4.78, 5) is 2.46. The summed E-state index contributed by atoms with van der Waals surface area (Å²) in [6.07, 6.45) is 2.08. The van der Waals surface area contributed by atoms with E-state index >= 15 is 0 Å². The highest BCUT2D eigenvalue weighted by Crippen LogP contribution is 2.38. The third-order valence-corrected chi connectivity index (χ3v) is 4.63. The van der Waals surface area contributed by atoms with Gasteiger partial charge in [0.2, 0.25) is 0 Å². The predicted octanol–water partition coefficient (Wildman–Crippen LogP) is 1.20. The van der Waals surface area contributed by atoms with Crippen LogP contribution in [0.5, 0.6) is 0 Å². The van der Waals surface area contributed by atoms with Gasteiger partial charge >= 0.3 is 0 Å². The Balaban J connectivity index is 1.70. The highest BCUT2D eigenvalue weighted by molar-refractivity contribution is 5.41. The van der Waals surface area contributed by atoms with E-state index in [9.17, 15) is 5.11 Å². The smallest absolute Gasteiger partial charge is 0.0583 e. The number of aliphatic hydroxyl groups is 1. The number of nitrogens with two attached hydrogens (primary N) is 1. The topological polar surface area (TPSA) is 49.5 Å². The van der Waals surface area contributed by atoms with Crippen LogP contribution < -0.4 is 5.73 Å². The van der Waals surface area contributed by atoms with E-state index in [1.807, 2.05) is 6.07 Å².